The molecule has 0 bridgehead atoms. The van der Waals surface area contributed by atoms with Gasteiger partial charge in [-0.1, -0.05) is 62.4 Å². The average Bonchev–Trinajstić information content (AvgIpc) is 3.11. The minimum atomic E-state index is -0.410. The fourth-order valence-electron chi connectivity index (χ4n) is 3.07. The molecule has 30 heavy (non-hydrogen) atoms. The van der Waals surface area contributed by atoms with Gasteiger partial charge < -0.3 is 4.74 Å². The lowest BCUT2D eigenvalue weighted by atomic mass is 9.90. The van der Waals surface area contributed by atoms with Gasteiger partial charge in [0, 0.05) is 35.1 Å². The zero-order chi connectivity index (χ0) is 21.7. The fraction of sp³-hybridized carbons (Fsp3) is 0.304. The molecule has 0 amide bonds. The third-order valence-corrected chi connectivity index (χ3v) is 5.39. The number of nitro benzene ring substituents is 1. The van der Waals surface area contributed by atoms with E-state index < -0.39 is 4.92 Å². The Hall–Kier alpha value is -3.06. The molecule has 7 heteroatoms. The number of hydrogen-bond donors (Lipinski definition) is 0. The van der Waals surface area contributed by atoms with Crippen LogP contribution in [0.25, 0.3) is 0 Å². The summed E-state index contributed by atoms with van der Waals surface area (Å²) in [6.45, 7) is 8.99. The second-order valence-electron chi connectivity index (χ2n) is 7.85. The number of aromatic nitrogens is 1. The number of para-hydroxylation sites is 1. The van der Waals surface area contributed by atoms with Gasteiger partial charge in [-0.3, -0.25) is 10.1 Å². The van der Waals surface area contributed by atoms with E-state index >= 15 is 0 Å². The Kier molecular flexibility index (Phi) is 6.62. The van der Waals surface area contributed by atoms with Crippen molar-refractivity contribution in [3.63, 3.8) is 0 Å². The molecule has 0 unspecified atom stereocenters. The predicted molar refractivity (Wildman–Crippen MR) is 122 cm³/mol. The van der Waals surface area contributed by atoms with E-state index in [-0.39, 0.29) is 11.1 Å². The van der Waals surface area contributed by atoms with Crippen LogP contribution in [-0.2, 0) is 11.8 Å². The van der Waals surface area contributed by atoms with Crippen LogP contribution in [0.4, 0.5) is 10.8 Å². The maximum atomic E-state index is 11.0. The minimum absolute atomic E-state index is 0.0432. The van der Waals surface area contributed by atoms with Gasteiger partial charge in [0.15, 0.2) is 0 Å². The number of nitro groups is 1. The largest absolute Gasteiger partial charge is 0.494 e. The van der Waals surface area contributed by atoms with Crippen LogP contribution < -0.4 is 4.74 Å². The topological polar surface area (TPSA) is 77.6 Å². The molecular formula is C23H25N3O3S. The molecule has 0 fully saturated rings. The van der Waals surface area contributed by atoms with Crippen molar-refractivity contribution < 1.29 is 9.66 Å². The number of thiazole rings is 1. The highest BCUT2D eigenvalue weighted by atomic mass is 32.1. The van der Waals surface area contributed by atoms with Crippen molar-refractivity contribution in [2.24, 2.45) is 4.99 Å². The molecule has 0 aliphatic rings. The third-order valence-electron chi connectivity index (χ3n) is 4.43. The first kappa shape index (κ1) is 21.6. The Balaban J connectivity index is 1.92. The molecule has 0 saturated heterocycles. The molecule has 0 radical (unpaired) electrons. The fourth-order valence-corrected chi connectivity index (χ4v) is 4.21. The summed E-state index contributed by atoms with van der Waals surface area (Å²) in [6, 6.07) is 14.4. The Labute approximate surface area is 180 Å². The van der Waals surface area contributed by atoms with Crippen LogP contribution in [0.5, 0.6) is 5.75 Å². The van der Waals surface area contributed by atoms with Crippen molar-refractivity contribution in [3.05, 3.63) is 80.3 Å². The van der Waals surface area contributed by atoms with E-state index in [9.17, 15) is 10.1 Å². The van der Waals surface area contributed by atoms with Gasteiger partial charge in [0.2, 0.25) is 5.13 Å². The van der Waals surface area contributed by atoms with Gasteiger partial charge in [-0.15, -0.1) is 0 Å². The number of rotatable bonds is 7. The van der Waals surface area contributed by atoms with Crippen molar-refractivity contribution in [2.75, 3.05) is 6.61 Å². The van der Waals surface area contributed by atoms with E-state index in [4.69, 9.17) is 9.72 Å². The van der Waals surface area contributed by atoms with Crippen LogP contribution >= 0.6 is 11.3 Å². The van der Waals surface area contributed by atoms with Gasteiger partial charge in [-0.25, -0.2) is 9.98 Å². The van der Waals surface area contributed by atoms with Gasteiger partial charge in [0.25, 0.3) is 5.69 Å². The van der Waals surface area contributed by atoms with Crippen LogP contribution in [0.1, 0.15) is 49.4 Å². The van der Waals surface area contributed by atoms with E-state index in [2.05, 4.69) is 31.8 Å². The molecule has 6 nitrogen and oxygen atoms in total. The second-order valence-corrected chi connectivity index (χ2v) is 8.91. The Morgan fingerprint density at radius 3 is 2.67 bits per heavy atom. The quantitative estimate of drug-likeness (QED) is 0.262. The van der Waals surface area contributed by atoms with Gasteiger partial charge in [-0.05, 0) is 24.1 Å². The number of nitrogens with zero attached hydrogens (tertiary/aromatic N) is 3. The van der Waals surface area contributed by atoms with Gasteiger partial charge in [-0.2, -0.15) is 0 Å². The molecule has 3 rings (SSSR count). The van der Waals surface area contributed by atoms with Crippen molar-refractivity contribution in [3.8, 4) is 5.75 Å². The van der Waals surface area contributed by atoms with E-state index in [0.29, 0.717) is 23.7 Å². The van der Waals surface area contributed by atoms with Crippen molar-refractivity contribution in [1.82, 2.24) is 4.98 Å². The first-order valence-electron chi connectivity index (χ1n) is 9.77. The van der Waals surface area contributed by atoms with Crippen LogP contribution in [0, 0.1) is 10.1 Å². The first-order valence-corrected chi connectivity index (χ1v) is 10.6. The van der Waals surface area contributed by atoms with Crippen LogP contribution in [0.15, 0.2) is 53.5 Å². The molecule has 0 atom stereocenters. The summed E-state index contributed by atoms with van der Waals surface area (Å²) in [7, 11) is 0. The Morgan fingerprint density at radius 2 is 1.97 bits per heavy atom. The standard InChI is InChI=1S/C23H25N3O3S/c1-5-29-19-12-7-6-10-17(19)14-20-21(23(2,3)4)25-22(30-20)24-15-16-9-8-11-18(13-16)26(27)28/h6-13,15H,5,14H2,1-4H3/b24-15+. The number of aliphatic imine (C=N–C) groups is 1. The molecule has 0 spiro atoms. The number of hydrogen-bond acceptors (Lipinski definition) is 6. The highest BCUT2D eigenvalue weighted by Gasteiger charge is 2.24. The smallest absolute Gasteiger partial charge is 0.270 e. The van der Waals surface area contributed by atoms with Crippen molar-refractivity contribution >= 4 is 28.4 Å². The Morgan fingerprint density at radius 1 is 1.20 bits per heavy atom. The van der Waals surface area contributed by atoms with E-state index in [0.717, 1.165) is 21.9 Å². The highest BCUT2D eigenvalue weighted by molar-refractivity contribution is 7.15. The summed E-state index contributed by atoms with van der Waals surface area (Å²) in [5, 5.41) is 11.6. The average molecular weight is 424 g/mol. The number of ether oxygens (including phenoxy) is 1. The summed E-state index contributed by atoms with van der Waals surface area (Å²) in [6.07, 6.45) is 2.34. The van der Waals surface area contributed by atoms with Crippen molar-refractivity contribution in [2.45, 2.75) is 39.5 Å². The molecule has 1 aromatic heterocycles. The second kappa shape index (κ2) is 9.17. The zero-order valence-corrected chi connectivity index (χ0v) is 18.4. The summed E-state index contributed by atoms with van der Waals surface area (Å²) < 4.78 is 5.78. The zero-order valence-electron chi connectivity index (χ0n) is 17.6. The minimum Gasteiger partial charge on any atom is -0.494 e. The van der Waals surface area contributed by atoms with Crippen molar-refractivity contribution in [1.29, 1.82) is 0 Å². The van der Waals surface area contributed by atoms with E-state index in [1.54, 1.807) is 18.3 Å². The number of non-ortho nitro benzene ring substituents is 1. The molecule has 3 aromatic rings. The molecule has 1 heterocycles. The summed E-state index contributed by atoms with van der Waals surface area (Å²) in [5.74, 6) is 0.884. The highest BCUT2D eigenvalue weighted by Crippen LogP contribution is 2.36. The van der Waals surface area contributed by atoms with Crippen LogP contribution in [-0.4, -0.2) is 22.7 Å². The molecule has 0 aliphatic heterocycles. The molecule has 0 aliphatic carbocycles. The normalized spacial score (nSPS) is 11.7. The monoisotopic (exact) mass is 423 g/mol. The van der Waals surface area contributed by atoms with Gasteiger partial charge in [0.05, 0.1) is 17.2 Å². The van der Waals surface area contributed by atoms with Crippen LogP contribution in [0.2, 0.25) is 0 Å². The molecule has 2 aromatic carbocycles. The lowest BCUT2D eigenvalue weighted by molar-refractivity contribution is -0.384. The predicted octanol–water partition coefficient (Wildman–Crippen LogP) is 6.09. The molecule has 0 N–H and O–H groups in total. The molecule has 156 valence electrons. The van der Waals surface area contributed by atoms with Gasteiger partial charge in [0.1, 0.15) is 5.75 Å². The van der Waals surface area contributed by atoms with Crippen LogP contribution in [0.3, 0.4) is 0 Å². The maximum Gasteiger partial charge on any atom is 0.270 e. The lowest BCUT2D eigenvalue weighted by Crippen LogP contribution is -2.14. The van der Waals surface area contributed by atoms with E-state index in [1.165, 1.54) is 23.5 Å². The first-order chi connectivity index (χ1) is 14.3. The lowest BCUT2D eigenvalue weighted by Gasteiger charge is -2.18. The van der Waals surface area contributed by atoms with E-state index in [1.807, 2.05) is 25.1 Å². The Bertz CT molecular complexity index is 1070. The summed E-state index contributed by atoms with van der Waals surface area (Å²) in [4.78, 5) is 21.0. The maximum absolute atomic E-state index is 11.0. The molecular weight excluding hydrogens is 398 g/mol. The summed E-state index contributed by atoms with van der Waals surface area (Å²) >= 11 is 1.54. The SMILES string of the molecule is CCOc1ccccc1Cc1sc(/N=C/c2cccc([N+](=O)[O-])c2)nc1C(C)(C)C. The van der Waals surface area contributed by atoms with Gasteiger partial charge >= 0.3 is 0 Å². The number of benzene rings is 2. The third kappa shape index (κ3) is 5.30. The molecule has 0 saturated carbocycles. The summed E-state index contributed by atoms with van der Waals surface area (Å²) in [5.41, 5.74) is 2.69.